The number of carboxylic acids is 1. The summed E-state index contributed by atoms with van der Waals surface area (Å²) < 4.78 is 21.9. The fraction of sp³-hybridized carbons (Fsp3) is 0.333. The summed E-state index contributed by atoms with van der Waals surface area (Å²) in [6, 6.07) is 5.97. The monoisotopic (exact) mass is 536 g/mol. The van der Waals surface area contributed by atoms with Crippen molar-refractivity contribution in [1.29, 1.82) is 0 Å². The summed E-state index contributed by atoms with van der Waals surface area (Å²) in [5.74, 6) is -4.29. The number of hydrogen-bond acceptors (Lipinski definition) is 13. The van der Waals surface area contributed by atoms with E-state index in [0.29, 0.717) is 0 Å². The van der Waals surface area contributed by atoms with Gasteiger partial charge in [0.1, 0.15) is 60.5 Å². The average Bonchev–Trinajstić information content (AvgIpc) is 2.84. The topological polar surface area (TPSA) is 233 Å². The van der Waals surface area contributed by atoms with Crippen LogP contribution in [-0.2, 0) is 23.8 Å². The molecule has 0 amide bonds. The van der Waals surface area contributed by atoms with Gasteiger partial charge in [-0.3, -0.25) is 9.59 Å². The molecule has 0 saturated carbocycles. The number of ether oxygens (including phenoxy) is 4. The molecule has 204 valence electrons. The Hall–Kier alpha value is -4.24. The zero-order valence-corrected chi connectivity index (χ0v) is 19.4. The molecule has 6 atom stereocenters. The van der Waals surface area contributed by atoms with Crippen molar-refractivity contribution < 1.29 is 69.4 Å². The van der Waals surface area contributed by atoms with Crippen LogP contribution in [0.15, 0.2) is 36.1 Å². The minimum atomic E-state index is -1.84. The number of carbonyl (C=O) groups excluding carboxylic acids is 1. The number of carboxylic acid groups (broad SMARTS) is 1. The summed E-state index contributed by atoms with van der Waals surface area (Å²) in [5, 5.41) is 79.6. The lowest BCUT2D eigenvalue weighted by molar-refractivity contribution is -0.294. The van der Waals surface area contributed by atoms with E-state index in [-0.39, 0.29) is 28.4 Å². The average molecular weight is 536 g/mol. The van der Waals surface area contributed by atoms with Crippen molar-refractivity contribution in [3.63, 3.8) is 0 Å². The third-order valence-electron chi connectivity index (χ3n) is 5.82. The second-order valence-electron chi connectivity index (χ2n) is 8.56. The Morgan fingerprint density at radius 2 is 1.63 bits per heavy atom. The molecule has 4 rings (SSSR count). The number of esters is 1. The van der Waals surface area contributed by atoms with Crippen LogP contribution >= 0.6 is 0 Å². The second-order valence-corrected chi connectivity index (χ2v) is 8.56. The predicted octanol–water partition coefficient (Wildman–Crippen LogP) is -0.174. The molecule has 14 heteroatoms. The molecule has 0 aromatic heterocycles. The van der Waals surface area contributed by atoms with E-state index in [1.54, 1.807) is 0 Å². The summed E-state index contributed by atoms with van der Waals surface area (Å²) in [5.41, 5.74) is 0.298. The van der Waals surface area contributed by atoms with E-state index in [1.165, 1.54) is 24.3 Å². The minimum absolute atomic E-state index is 0.0243. The Bertz CT molecular complexity index is 1260. The number of rotatable bonds is 7. The lowest BCUT2D eigenvalue weighted by Crippen LogP contribution is -2.59. The number of aliphatic hydroxyl groups excluding tert-OH is 3. The third kappa shape index (κ3) is 5.52. The Morgan fingerprint density at radius 3 is 2.32 bits per heavy atom. The number of carbonyl (C=O) groups is 2. The van der Waals surface area contributed by atoms with Crippen molar-refractivity contribution >= 4 is 18.0 Å². The highest BCUT2D eigenvalue weighted by Crippen LogP contribution is 2.45. The first kappa shape index (κ1) is 26.8. The van der Waals surface area contributed by atoms with Crippen molar-refractivity contribution in [3.8, 4) is 28.7 Å². The molecule has 1 saturated heterocycles. The number of hydrogen-bond donors (Lipinski definition) is 8. The molecule has 2 aliphatic rings. The first-order valence-electron chi connectivity index (χ1n) is 11.1. The highest BCUT2D eigenvalue weighted by atomic mass is 16.7. The van der Waals surface area contributed by atoms with Crippen molar-refractivity contribution in [3.05, 3.63) is 47.2 Å². The number of fused-ring (bicyclic) bond motifs is 1. The smallest absolute Gasteiger partial charge is 0.317 e. The van der Waals surface area contributed by atoms with Crippen molar-refractivity contribution in [2.24, 2.45) is 0 Å². The number of aliphatic hydroxyl groups is 3. The summed E-state index contributed by atoms with van der Waals surface area (Å²) in [4.78, 5) is 22.2. The van der Waals surface area contributed by atoms with Gasteiger partial charge in [-0.2, -0.15) is 0 Å². The molecule has 0 bridgehead atoms. The van der Waals surface area contributed by atoms with Crippen LogP contribution in [0.3, 0.4) is 0 Å². The predicted molar refractivity (Wildman–Crippen MR) is 122 cm³/mol. The Morgan fingerprint density at radius 1 is 0.895 bits per heavy atom. The molecule has 2 aromatic carbocycles. The lowest BCUT2D eigenvalue weighted by atomic mass is 9.98. The molecular weight excluding hydrogens is 512 g/mol. The standard InChI is InChI=1S/C24H24O14/c25-10-4-13(27)11-6-16(23(36-15(11)5-10)9-1-2-12(26)14(28)3-9)37-24-22(34)21(33)20(32)17(38-24)8-35-19(31)7-18(29)30/h1-6,17,20-28,32-34H,7-8H2,(H,29,30)/t17-,20-,21-,22-,23?,24-/m1/s1. The molecule has 2 aliphatic heterocycles. The normalized spacial score (nSPS) is 26.4. The molecule has 14 nitrogen and oxygen atoms in total. The Labute approximate surface area is 213 Å². The van der Waals surface area contributed by atoms with E-state index < -0.39 is 79.0 Å². The molecule has 2 heterocycles. The maximum Gasteiger partial charge on any atom is 0.317 e. The van der Waals surface area contributed by atoms with Crippen LogP contribution in [0.4, 0.5) is 0 Å². The van der Waals surface area contributed by atoms with Gasteiger partial charge in [-0.25, -0.2) is 0 Å². The van der Waals surface area contributed by atoms with Crippen molar-refractivity contribution in [2.75, 3.05) is 6.61 Å². The molecule has 38 heavy (non-hydrogen) atoms. The SMILES string of the molecule is O=C(O)CC(=O)OC[C@H]1O[C@@H](OC2=Cc3c(O)cc(O)cc3OC2c2ccc(O)c(O)c2)[C@H](O)[C@H](O)[C@@H]1O. The van der Waals surface area contributed by atoms with Crippen molar-refractivity contribution in [1.82, 2.24) is 0 Å². The first-order chi connectivity index (χ1) is 17.9. The quantitative estimate of drug-likeness (QED) is 0.130. The zero-order chi connectivity index (χ0) is 27.7. The van der Waals surface area contributed by atoms with Gasteiger partial charge in [0.15, 0.2) is 17.6 Å². The summed E-state index contributed by atoms with van der Waals surface area (Å²) in [6.45, 7) is -0.676. The van der Waals surface area contributed by atoms with Gasteiger partial charge in [0, 0.05) is 17.7 Å². The number of aromatic hydroxyl groups is 4. The van der Waals surface area contributed by atoms with E-state index in [0.717, 1.165) is 12.1 Å². The van der Waals surface area contributed by atoms with Gasteiger partial charge in [-0.1, -0.05) is 6.07 Å². The number of phenolic OH excluding ortho intramolecular Hbond substituents is 4. The van der Waals surface area contributed by atoms with Gasteiger partial charge < -0.3 is 59.8 Å². The fourth-order valence-corrected chi connectivity index (χ4v) is 3.91. The van der Waals surface area contributed by atoms with Crippen LogP contribution in [0.2, 0.25) is 0 Å². The molecule has 1 fully saturated rings. The summed E-state index contributed by atoms with van der Waals surface area (Å²) in [6.07, 6.45) is -9.39. The largest absolute Gasteiger partial charge is 0.508 e. The highest BCUT2D eigenvalue weighted by Gasteiger charge is 2.46. The lowest BCUT2D eigenvalue weighted by Gasteiger charge is -2.41. The van der Waals surface area contributed by atoms with Gasteiger partial charge in [0.05, 0.1) is 5.56 Å². The van der Waals surface area contributed by atoms with E-state index in [1.807, 2.05) is 0 Å². The van der Waals surface area contributed by atoms with E-state index >= 15 is 0 Å². The van der Waals surface area contributed by atoms with E-state index in [4.69, 9.17) is 24.1 Å². The van der Waals surface area contributed by atoms with Crippen LogP contribution in [0.5, 0.6) is 28.7 Å². The maximum atomic E-state index is 11.6. The van der Waals surface area contributed by atoms with E-state index in [9.17, 15) is 45.3 Å². The van der Waals surface area contributed by atoms with Crippen molar-refractivity contribution in [2.45, 2.75) is 43.2 Å². The summed E-state index contributed by atoms with van der Waals surface area (Å²) in [7, 11) is 0. The molecule has 0 spiro atoms. The van der Waals surface area contributed by atoms with Gasteiger partial charge in [0.25, 0.3) is 0 Å². The van der Waals surface area contributed by atoms with Gasteiger partial charge in [0.2, 0.25) is 6.29 Å². The number of aliphatic carboxylic acids is 1. The third-order valence-corrected chi connectivity index (χ3v) is 5.82. The Balaban J connectivity index is 1.63. The second kappa shape index (κ2) is 10.6. The van der Waals surface area contributed by atoms with Crippen LogP contribution < -0.4 is 4.74 Å². The van der Waals surface area contributed by atoms with Gasteiger partial charge in [-0.05, 0) is 18.2 Å². The number of phenols is 4. The molecule has 2 aromatic rings. The van der Waals surface area contributed by atoms with Crippen LogP contribution in [-0.4, -0.2) is 90.1 Å². The fourth-order valence-electron chi connectivity index (χ4n) is 3.91. The molecule has 8 N–H and O–H groups in total. The summed E-state index contributed by atoms with van der Waals surface area (Å²) >= 11 is 0. The van der Waals surface area contributed by atoms with Crippen LogP contribution in [0.25, 0.3) is 6.08 Å². The first-order valence-corrected chi connectivity index (χ1v) is 11.1. The van der Waals surface area contributed by atoms with Gasteiger partial charge in [-0.15, -0.1) is 0 Å². The van der Waals surface area contributed by atoms with Crippen LogP contribution in [0.1, 0.15) is 23.7 Å². The Kier molecular flexibility index (Phi) is 7.50. The van der Waals surface area contributed by atoms with Crippen LogP contribution in [0, 0.1) is 0 Å². The van der Waals surface area contributed by atoms with E-state index in [2.05, 4.69) is 0 Å². The highest BCUT2D eigenvalue weighted by molar-refractivity contribution is 5.90. The molecule has 0 radical (unpaired) electrons. The van der Waals surface area contributed by atoms with Gasteiger partial charge >= 0.3 is 11.9 Å². The molecule has 0 aliphatic carbocycles. The minimum Gasteiger partial charge on any atom is -0.508 e. The molecular formula is C24H24O14. The maximum absolute atomic E-state index is 11.6. The number of benzene rings is 2. The molecule has 1 unspecified atom stereocenters. The zero-order valence-electron chi connectivity index (χ0n) is 19.4.